The maximum Gasteiger partial charge on any atom is 0.256 e. The van der Waals surface area contributed by atoms with Crippen LogP contribution < -0.4 is 10.6 Å². The van der Waals surface area contributed by atoms with Gasteiger partial charge in [-0.15, -0.1) is 0 Å². The molecule has 1 amide bonds. The molecule has 5 heteroatoms. The van der Waals surface area contributed by atoms with Crippen LogP contribution in [0, 0.1) is 0 Å². The lowest BCUT2D eigenvalue weighted by Crippen LogP contribution is -2.40. The second-order valence-corrected chi connectivity index (χ2v) is 6.08. The molecule has 0 spiro atoms. The highest BCUT2D eigenvalue weighted by molar-refractivity contribution is 5.99. The number of anilines is 1. The van der Waals surface area contributed by atoms with Crippen LogP contribution in [0.1, 0.15) is 29.0 Å². The number of hydrogen-bond acceptors (Lipinski definition) is 4. The summed E-state index contributed by atoms with van der Waals surface area (Å²) < 4.78 is 5.33. The van der Waals surface area contributed by atoms with Gasteiger partial charge >= 0.3 is 0 Å². The summed E-state index contributed by atoms with van der Waals surface area (Å²) in [6.45, 7) is 2.26. The Bertz CT molecular complexity index is 646. The van der Waals surface area contributed by atoms with E-state index in [-0.39, 0.29) is 11.9 Å². The molecular formula is C18H23N3O2. The Hall–Kier alpha value is -2.27. The molecule has 2 aromatic rings. The Kier molecular flexibility index (Phi) is 4.67. The minimum atomic E-state index is 0.00636. The number of carbonyl (C=O) groups is 1. The fraction of sp³-hybridized carbons (Fsp3) is 0.389. The Morgan fingerprint density at radius 3 is 2.70 bits per heavy atom. The fourth-order valence-corrected chi connectivity index (χ4v) is 2.98. The van der Waals surface area contributed by atoms with E-state index in [4.69, 9.17) is 10.2 Å². The van der Waals surface area contributed by atoms with Crippen molar-refractivity contribution in [3.63, 3.8) is 0 Å². The van der Waals surface area contributed by atoms with Gasteiger partial charge in [-0.25, -0.2) is 0 Å². The Balaban J connectivity index is 1.77. The summed E-state index contributed by atoms with van der Waals surface area (Å²) >= 11 is 0. The highest BCUT2D eigenvalue weighted by atomic mass is 16.3. The molecule has 2 heterocycles. The summed E-state index contributed by atoms with van der Waals surface area (Å²) in [4.78, 5) is 16.8. The highest BCUT2D eigenvalue weighted by Crippen LogP contribution is 2.25. The minimum absolute atomic E-state index is 0.00636. The molecule has 0 radical (unpaired) electrons. The lowest BCUT2D eigenvalue weighted by molar-refractivity contribution is 0.0776. The molecule has 1 aliphatic rings. The third-order valence-electron chi connectivity index (χ3n) is 4.33. The van der Waals surface area contributed by atoms with Crippen molar-refractivity contribution in [3.8, 4) is 0 Å². The van der Waals surface area contributed by atoms with Gasteiger partial charge < -0.3 is 20.0 Å². The van der Waals surface area contributed by atoms with E-state index in [0.29, 0.717) is 6.54 Å². The second kappa shape index (κ2) is 6.87. The third-order valence-corrected chi connectivity index (χ3v) is 4.33. The van der Waals surface area contributed by atoms with E-state index in [2.05, 4.69) is 4.90 Å². The normalized spacial score (nSPS) is 15.7. The van der Waals surface area contributed by atoms with E-state index >= 15 is 0 Å². The standard InChI is InChI=1S/C18H23N3O2/c1-20(13-15-5-4-12-23-15)18(22)16-6-2-3-7-17(16)21-10-8-14(19)9-11-21/h2-7,12,14H,8-11,13,19H2,1H3. The van der Waals surface area contributed by atoms with Crippen LogP contribution in [0.2, 0.25) is 0 Å². The summed E-state index contributed by atoms with van der Waals surface area (Å²) in [5.74, 6) is 0.786. The first kappa shape index (κ1) is 15.6. The van der Waals surface area contributed by atoms with Crippen LogP contribution in [0.5, 0.6) is 0 Å². The monoisotopic (exact) mass is 313 g/mol. The quantitative estimate of drug-likeness (QED) is 0.942. The van der Waals surface area contributed by atoms with Crippen LogP contribution in [0.3, 0.4) is 0 Å². The second-order valence-electron chi connectivity index (χ2n) is 6.08. The third kappa shape index (κ3) is 3.56. The highest BCUT2D eigenvalue weighted by Gasteiger charge is 2.22. The molecule has 0 aliphatic carbocycles. The lowest BCUT2D eigenvalue weighted by Gasteiger charge is -2.33. The van der Waals surface area contributed by atoms with Crippen LogP contribution in [0.15, 0.2) is 47.1 Å². The van der Waals surface area contributed by atoms with Crippen molar-refractivity contribution in [1.82, 2.24) is 4.90 Å². The molecule has 1 saturated heterocycles. The average Bonchev–Trinajstić information content (AvgIpc) is 3.08. The fourth-order valence-electron chi connectivity index (χ4n) is 2.98. The summed E-state index contributed by atoms with van der Waals surface area (Å²) in [6, 6.07) is 11.8. The van der Waals surface area contributed by atoms with Crippen molar-refractivity contribution in [2.45, 2.75) is 25.4 Å². The summed E-state index contributed by atoms with van der Waals surface area (Å²) in [7, 11) is 1.80. The van der Waals surface area contributed by atoms with Crippen molar-refractivity contribution >= 4 is 11.6 Å². The Morgan fingerprint density at radius 2 is 2.00 bits per heavy atom. The first-order valence-electron chi connectivity index (χ1n) is 8.02. The molecule has 0 atom stereocenters. The van der Waals surface area contributed by atoms with Gasteiger partial charge in [-0.05, 0) is 37.1 Å². The van der Waals surface area contributed by atoms with E-state index in [9.17, 15) is 4.79 Å². The number of rotatable bonds is 4. The predicted molar refractivity (Wildman–Crippen MR) is 90.4 cm³/mol. The largest absolute Gasteiger partial charge is 0.467 e. The molecule has 122 valence electrons. The van der Waals surface area contributed by atoms with Crippen LogP contribution in [0.4, 0.5) is 5.69 Å². The van der Waals surface area contributed by atoms with Crippen LogP contribution in [0.25, 0.3) is 0 Å². The molecular weight excluding hydrogens is 290 g/mol. The Morgan fingerprint density at radius 1 is 1.26 bits per heavy atom. The van der Waals surface area contributed by atoms with Gasteiger partial charge in [0.1, 0.15) is 5.76 Å². The van der Waals surface area contributed by atoms with Gasteiger partial charge in [0, 0.05) is 31.9 Å². The lowest BCUT2D eigenvalue weighted by atomic mass is 10.0. The molecule has 5 nitrogen and oxygen atoms in total. The number of nitrogens with zero attached hydrogens (tertiary/aromatic N) is 2. The van der Waals surface area contributed by atoms with E-state index in [0.717, 1.165) is 42.9 Å². The first-order chi connectivity index (χ1) is 11.1. The van der Waals surface area contributed by atoms with E-state index < -0.39 is 0 Å². The zero-order chi connectivity index (χ0) is 16.2. The number of benzene rings is 1. The van der Waals surface area contributed by atoms with Crippen molar-refractivity contribution < 1.29 is 9.21 Å². The van der Waals surface area contributed by atoms with Crippen molar-refractivity contribution in [3.05, 3.63) is 54.0 Å². The van der Waals surface area contributed by atoms with Crippen LogP contribution >= 0.6 is 0 Å². The number of carbonyl (C=O) groups excluding carboxylic acids is 1. The van der Waals surface area contributed by atoms with Crippen molar-refractivity contribution in [2.24, 2.45) is 5.73 Å². The predicted octanol–water partition coefficient (Wildman–Crippen LogP) is 2.48. The topological polar surface area (TPSA) is 62.7 Å². The average molecular weight is 313 g/mol. The Labute approximate surface area is 136 Å². The molecule has 0 unspecified atom stereocenters. The zero-order valence-electron chi connectivity index (χ0n) is 13.4. The number of piperidine rings is 1. The van der Waals surface area contributed by atoms with Gasteiger partial charge in [0.05, 0.1) is 18.4 Å². The summed E-state index contributed by atoms with van der Waals surface area (Å²) in [6.07, 6.45) is 3.55. The molecule has 0 saturated carbocycles. The first-order valence-corrected chi connectivity index (χ1v) is 8.02. The molecule has 1 aromatic heterocycles. The molecule has 23 heavy (non-hydrogen) atoms. The molecule has 3 rings (SSSR count). The van der Waals surface area contributed by atoms with E-state index in [1.807, 2.05) is 36.4 Å². The molecule has 1 aliphatic heterocycles. The summed E-state index contributed by atoms with van der Waals surface area (Å²) in [5.41, 5.74) is 7.71. The number of nitrogens with two attached hydrogens (primary N) is 1. The zero-order valence-corrected chi connectivity index (χ0v) is 13.4. The van der Waals surface area contributed by atoms with Gasteiger partial charge in [-0.1, -0.05) is 12.1 Å². The van der Waals surface area contributed by atoms with Crippen LogP contribution in [-0.4, -0.2) is 37.0 Å². The smallest absolute Gasteiger partial charge is 0.256 e. The van der Waals surface area contributed by atoms with Gasteiger partial charge in [-0.2, -0.15) is 0 Å². The maximum atomic E-state index is 12.8. The van der Waals surface area contributed by atoms with Crippen molar-refractivity contribution in [1.29, 1.82) is 0 Å². The summed E-state index contributed by atoms with van der Waals surface area (Å²) in [5, 5.41) is 0. The van der Waals surface area contributed by atoms with Gasteiger partial charge in [0.2, 0.25) is 0 Å². The van der Waals surface area contributed by atoms with E-state index in [1.54, 1.807) is 18.2 Å². The molecule has 1 aromatic carbocycles. The van der Waals surface area contributed by atoms with Gasteiger partial charge in [0.15, 0.2) is 0 Å². The minimum Gasteiger partial charge on any atom is -0.467 e. The van der Waals surface area contributed by atoms with E-state index in [1.165, 1.54) is 0 Å². The van der Waals surface area contributed by atoms with Gasteiger partial charge in [-0.3, -0.25) is 4.79 Å². The SMILES string of the molecule is CN(Cc1ccco1)C(=O)c1ccccc1N1CCC(N)CC1. The molecule has 0 bridgehead atoms. The number of furan rings is 1. The number of para-hydroxylation sites is 1. The number of amides is 1. The van der Waals surface area contributed by atoms with Crippen molar-refractivity contribution in [2.75, 3.05) is 25.0 Å². The maximum absolute atomic E-state index is 12.8. The molecule has 2 N–H and O–H groups in total. The van der Waals surface area contributed by atoms with Gasteiger partial charge in [0.25, 0.3) is 5.91 Å². The number of hydrogen-bond donors (Lipinski definition) is 1. The van der Waals surface area contributed by atoms with Crippen LogP contribution in [-0.2, 0) is 6.54 Å². The molecule has 1 fully saturated rings.